The fourth-order valence-electron chi connectivity index (χ4n) is 7.14. The quantitative estimate of drug-likeness (QED) is 0.0582. The number of ether oxygens (including phenoxy) is 3. The molecule has 2 aromatic heterocycles. The van der Waals surface area contributed by atoms with Gasteiger partial charge in [0.1, 0.15) is 18.5 Å². The third-order valence-electron chi connectivity index (χ3n) is 10.5. The van der Waals surface area contributed by atoms with Crippen molar-refractivity contribution in [2.75, 3.05) is 75.9 Å². The van der Waals surface area contributed by atoms with Crippen molar-refractivity contribution < 1.29 is 33.4 Å². The number of esters is 1. The van der Waals surface area contributed by atoms with Crippen LogP contribution in [0.5, 0.6) is 5.88 Å². The molecule has 0 radical (unpaired) electrons. The minimum absolute atomic E-state index is 0.0845. The molecule has 2 aliphatic heterocycles. The molecule has 322 valence electrons. The Morgan fingerprint density at radius 1 is 1.07 bits per heavy atom. The highest BCUT2D eigenvalue weighted by molar-refractivity contribution is 6.99. The number of nitrogens with one attached hydrogen (secondary N) is 4. The number of aromatic amines is 1. The van der Waals surface area contributed by atoms with Crippen molar-refractivity contribution in [2.24, 2.45) is 0 Å². The van der Waals surface area contributed by atoms with Gasteiger partial charge in [0.05, 0.1) is 36.1 Å². The Morgan fingerprint density at radius 3 is 2.54 bits per heavy atom. The number of anilines is 2. The molecule has 0 spiro atoms. The summed E-state index contributed by atoms with van der Waals surface area (Å²) in [6, 6.07) is 5.59. The van der Waals surface area contributed by atoms with E-state index in [0.29, 0.717) is 99.3 Å². The monoisotopic (exact) mass is 834 g/mol. The first-order valence-corrected chi connectivity index (χ1v) is 21.6. The van der Waals surface area contributed by atoms with Crippen molar-refractivity contribution in [3.05, 3.63) is 51.8 Å². The SMILES string of the molecule is CCN(CC)CCNC(=O)c1c(C)[nH]c(/C=C2\C(=O)Nc3ccc(CC(=O)CCCCCC(=O)O[C@@H](CNC(C)(C)C)COc4nsnc4N4CCOCC4)cc32)c1C. The van der Waals surface area contributed by atoms with Gasteiger partial charge in [-0.15, -0.1) is 4.37 Å². The number of hydrogen-bond donors (Lipinski definition) is 4. The molecular formula is C43H62N8O7S. The van der Waals surface area contributed by atoms with Crippen LogP contribution in [0.1, 0.15) is 105 Å². The van der Waals surface area contributed by atoms with Crippen LogP contribution in [-0.2, 0) is 30.3 Å². The molecule has 0 unspecified atom stereocenters. The van der Waals surface area contributed by atoms with Crippen LogP contribution in [-0.4, -0.2) is 119 Å². The first-order chi connectivity index (χ1) is 28.3. The highest BCUT2D eigenvalue weighted by Gasteiger charge is 2.27. The number of morpholine rings is 1. The number of hydrogen-bond acceptors (Lipinski definition) is 13. The maximum atomic E-state index is 13.1. The number of ketones is 1. The Bertz CT molecular complexity index is 1940. The molecule has 1 fully saturated rings. The average molecular weight is 835 g/mol. The molecule has 2 amide bonds. The normalized spacial score (nSPS) is 15.4. The van der Waals surface area contributed by atoms with E-state index >= 15 is 0 Å². The number of fused-ring (bicyclic) bond motifs is 1. The molecule has 2 aliphatic rings. The standard InChI is InChI=1S/C43H62N8O7S/c1-8-50(9-2)18-17-44-41(55)38-28(3)36(46-29(38)4)25-34-33-24-30(15-16-35(33)47-40(34)54)23-31(52)13-11-10-12-14-37(53)58-32(26-45-43(5,6)7)27-57-42-39(48-59-49-42)51-19-21-56-22-20-51/h15-16,24-25,32,45-46H,8-14,17-23,26-27H2,1-7H3,(H,44,55)(H,47,54)/b34-25-/t32-/m0/s1. The zero-order valence-electron chi connectivity index (χ0n) is 35.8. The van der Waals surface area contributed by atoms with E-state index in [4.69, 9.17) is 14.2 Å². The van der Waals surface area contributed by atoms with Gasteiger partial charge in [-0.1, -0.05) is 26.3 Å². The number of nitrogens with zero attached hydrogens (tertiary/aromatic N) is 4. The van der Waals surface area contributed by atoms with E-state index in [1.54, 1.807) is 6.08 Å². The Labute approximate surface area is 352 Å². The molecule has 4 N–H and O–H groups in total. The van der Waals surface area contributed by atoms with Crippen LogP contribution in [0.2, 0.25) is 0 Å². The smallest absolute Gasteiger partial charge is 0.306 e. The number of unbranched alkanes of at least 4 members (excludes halogenated alkanes) is 2. The lowest BCUT2D eigenvalue weighted by atomic mass is 9.98. The molecule has 4 heterocycles. The van der Waals surface area contributed by atoms with E-state index in [9.17, 15) is 19.2 Å². The van der Waals surface area contributed by atoms with Crippen LogP contribution in [0.15, 0.2) is 18.2 Å². The number of carbonyl (C=O) groups excluding carboxylic acids is 4. The number of carbonyl (C=O) groups is 4. The summed E-state index contributed by atoms with van der Waals surface area (Å²) in [7, 11) is 0. The van der Waals surface area contributed by atoms with Crippen molar-refractivity contribution in [2.45, 2.75) is 98.6 Å². The molecule has 0 bridgehead atoms. The minimum Gasteiger partial charge on any atom is -0.470 e. The highest BCUT2D eigenvalue weighted by atomic mass is 32.1. The first-order valence-electron chi connectivity index (χ1n) is 20.9. The highest BCUT2D eigenvalue weighted by Crippen LogP contribution is 2.35. The number of amides is 2. The van der Waals surface area contributed by atoms with E-state index in [-0.39, 0.29) is 48.6 Å². The number of H-pyrrole nitrogens is 1. The number of likely N-dealkylation sites (N-methyl/N-ethyl adjacent to an activating group) is 1. The van der Waals surface area contributed by atoms with E-state index in [1.165, 1.54) is 0 Å². The molecule has 5 rings (SSSR count). The van der Waals surface area contributed by atoms with Crippen LogP contribution in [0.25, 0.3) is 11.6 Å². The van der Waals surface area contributed by atoms with Gasteiger partial charge in [-0.2, -0.15) is 4.37 Å². The Kier molecular flexibility index (Phi) is 16.6. The maximum absolute atomic E-state index is 13.1. The molecule has 59 heavy (non-hydrogen) atoms. The second kappa shape index (κ2) is 21.6. The van der Waals surface area contributed by atoms with Crippen LogP contribution >= 0.6 is 11.7 Å². The molecule has 3 aromatic rings. The van der Waals surface area contributed by atoms with E-state index in [2.05, 4.69) is 53.3 Å². The third-order valence-corrected chi connectivity index (χ3v) is 11.0. The largest absolute Gasteiger partial charge is 0.470 e. The summed E-state index contributed by atoms with van der Waals surface area (Å²) in [6.07, 6.45) is 4.06. The first kappa shape index (κ1) is 45.4. The van der Waals surface area contributed by atoms with Crippen LogP contribution in [0, 0.1) is 13.8 Å². The summed E-state index contributed by atoms with van der Waals surface area (Å²) < 4.78 is 26.1. The number of rotatable bonds is 22. The molecule has 16 heteroatoms. The minimum atomic E-state index is -0.525. The number of benzene rings is 1. The Morgan fingerprint density at radius 2 is 1.81 bits per heavy atom. The van der Waals surface area contributed by atoms with Crippen LogP contribution in [0.3, 0.4) is 0 Å². The van der Waals surface area contributed by atoms with Crippen LogP contribution < -0.4 is 25.6 Å². The summed E-state index contributed by atoms with van der Waals surface area (Å²) >= 11 is 1.09. The van der Waals surface area contributed by atoms with Crippen molar-refractivity contribution in [1.29, 1.82) is 0 Å². The topological polar surface area (TPSA) is 180 Å². The molecule has 1 aromatic carbocycles. The molecular weight excluding hydrogens is 773 g/mol. The zero-order valence-corrected chi connectivity index (χ0v) is 36.6. The van der Waals surface area contributed by atoms with Crippen molar-refractivity contribution >= 4 is 58.4 Å². The summed E-state index contributed by atoms with van der Waals surface area (Å²) in [5.74, 6) is 0.501. The van der Waals surface area contributed by atoms with E-state index in [1.807, 2.05) is 52.8 Å². The lowest BCUT2D eigenvalue weighted by Crippen LogP contribution is -2.44. The summed E-state index contributed by atoms with van der Waals surface area (Å²) in [4.78, 5) is 59.8. The van der Waals surface area contributed by atoms with Gasteiger partial charge in [-0.25, -0.2) is 0 Å². The molecule has 0 saturated carbocycles. The second-order valence-corrected chi connectivity index (χ2v) is 16.7. The summed E-state index contributed by atoms with van der Waals surface area (Å²) in [6.45, 7) is 20.5. The van der Waals surface area contributed by atoms with Gasteiger partial charge < -0.3 is 44.9 Å². The van der Waals surface area contributed by atoms with Crippen LogP contribution in [0.4, 0.5) is 11.5 Å². The van der Waals surface area contributed by atoms with Gasteiger partial charge in [-0.3, -0.25) is 19.2 Å². The van der Waals surface area contributed by atoms with Gasteiger partial charge in [0.2, 0.25) is 5.82 Å². The number of aryl methyl sites for hydroxylation is 1. The van der Waals surface area contributed by atoms with Gasteiger partial charge in [0, 0.05) is 80.2 Å². The molecule has 0 aliphatic carbocycles. The Balaban J connectivity index is 1.09. The molecule has 1 saturated heterocycles. The maximum Gasteiger partial charge on any atom is 0.306 e. The predicted octanol–water partition coefficient (Wildman–Crippen LogP) is 5.32. The molecule has 15 nitrogen and oxygen atoms in total. The summed E-state index contributed by atoms with van der Waals surface area (Å²) in [5, 5.41) is 9.35. The van der Waals surface area contributed by atoms with Crippen molar-refractivity contribution in [3.8, 4) is 5.88 Å². The van der Waals surface area contributed by atoms with Gasteiger partial charge >= 0.3 is 5.97 Å². The fraction of sp³-hybridized carbons (Fsp3) is 0.581. The second-order valence-electron chi connectivity index (χ2n) is 16.2. The van der Waals surface area contributed by atoms with Gasteiger partial charge in [-0.05, 0) is 89.9 Å². The third kappa shape index (κ3) is 13.2. The van der Waals surface area contributed by atoms with Gasteiger partial charge in [0.25, 0.3) is 17.7 Å². The zero-order chi connectivity index (χ0) is 42.5. The van der Waals surface area contributed by atoms with E-state index < -0.39 is 6.10 Å². The van der Waals surface area contributed by atoms with Crippen molar-refractivity contribution in [3.63, 3.8) is 0 Å². The predicted molar refractivity (Wildman–Crippen MR) is 231 cm³/mol. The van der Waals surface area contributed by atoms with E-state index in [0.717, 1.165) is 53.7 Å². The lowest BCUT2D eigenvalue weighted by Gasteiger charge is -2.27. The molecule has 1 atom stereocenters. The Hall–Kier alpha value is -4.64. The van der Waals surface area contributed by atoms with Crippen molar-refractivity contribution in [1.82, 2.24) is 29.3 Å². The number of aromatic nitrogens is 3. The summed E-state index contributed by atoms with van der Waals surface area (Å²) in [5.41, 5.74) is 5.28. The number of Topliss-reactive ketones (excluding diaryl/α,β-unsaturated/α-hetero) is 1. The average Bonchev–Trinajstić information content (AvgIpc) is 3.88. The fourth-order valence-corrected chi connectivity index (χ4v) is 7.66. The van der Waals surface area contributed by atoms with Gasteiger partial charge in [0.15, 0.2) is 0 Å². The lowest BCUT2D eigenvalue weighted by molar-refractivity contribution is -0.150.